The van der Waals surface area contributed by atoms with Crippen LogP contribution in [0.25, 0.3) is 0 Å². The van der Waals surface area contributed by atoms with Crippen molar-refractivity contribution in [2.75, 3.05) is 18.5 Å². The Balaban J connectivity index is 1.76. The molecule has 0 unspecified atom stereocenters. The summed E-state index contributed by atoms with van der Waals surface area (Å²) in [5, 5.41) is 6.22. The number of rotatable bonds is 6. The number of halogens is 1. The molecule has 0 aromatic heterocycles. The maximum absolute atomic E-state index is 11.9. The minimum absolute atomic E-state index is 0.261. The molecule has 0 radical (unpaired) electrons. The van der Waals surface area contributed by atoms with Gasteiger partial charge in [0.1, 0.15) is 12.4 Å². The van der Waals surface area contributed by atoms with E-state index in [1.807, 2.05) is 37.3 Å². The van der Waals surface area contributed by atoms with Crippen molar-refractivity contribution >= 4 is 23.3 Å². The Morgan fingerprint density at radius 3 is 2.74 bits per heavy atom. The van der Waals surface area contributed by atoms with Gasteiger partial charge < -0.3 is 15.4 Å². The predicted octanol–water partition coefficient (Wildman–Crippen LogP) is 4.41. The summed E-state index contributed by atoms with van der Waals surface area (Å²) in [6.45, 7) is 4.83. The molecular weight excluding hydrogens is 312 g/mol. The van der Waals surface area contributed by atoms with E-state index in [1.54, 1.807) is 12.1 Å². The molecule has 0 saturated heterocycles. The zero-order chi connectivity index (χ0) is 16.7. The van der Waals surface area contributed by atoms with Crippen LogP contribution in [0.1, 0.15) is 18.1 Å². The number of amides is 2. The van der Waals surface area contributed by atoms with Crippen LogP contribution >= 0.6 is 11.6 Å². The van der Waals surface area contributed by atoms with Gasteiger partial charge in [-0.1, -0.05) is 36.7 Å². The van der Waals surface area contributed by atoms with Gasteiger partial charge in [0.15, 0.2) is 0 Å². The fraction of sp³-hybridized carbons (Fsp3) is 0.278. The lowest BCUT2D eigenvalue weighted by Gasteiger charge is -2.12. The molecule has 4 nitrogen and oxygen atoms in total. The van der Waals surface area contributed by atoms with Crippen molar-refractivity contribution in [3.8, 4) is 5.75 Å². The number of para-hydroxylation sites is 1. The smallest absolute Gasteiger partial charge is 0.319 e. The van der Waals surface area contributed by atoms with Gasteiger partial charge in [-0.05, 0) is 48.7 Å². The Hall–Kier alpha value is -2.20. The van der Waals surface area contributed by atoms with E-state index in [-0.39, 0.29) is 6.03 Å². The quantitative estimate of drug-likeness (QED) is 0.770. The first kappa shape index (κ1) is 17.2. The summed E-state index contributed by atoms with van der Waals surface area (Å²) in [5.41, 5.74) is 2.82. The highest BCUT2D eigenvalue weighted by Crippen LogP contribution is 2.19. The first-order chi connectivity index (χ1) is 11.1. The van der Waals surface area contributed by atoms with Crippen LogP contribution in [0, 0.1) is 6.92 Å². The third-order valence-corrected chi connectivity index (χ3v) is 3.67. The van der Waals surface area contributed by atoms with Crippen LogP contribution in [0.15, 0.2) is 42.5 Å². The van der Waals surface area contributed by atoms with Crippen LogP contribution in [0.5, 0.6) is 5.75 Å². The van der Waals surface area contributed by atoms with Crippen LogP contribution in [0.4, 0.5) is 10.5 Å². The van der Waals surface area contributed by atoms with Gasteiger partial charge in [0, 0.05) is 10.7 Å². The second kappa shape index (κ2) is 8.44. The fourth-order valence-electron chi connectivity index (χ4n) is 2.20. The van der Waals surface area contributed by atoms with E-state index in [0.29, 0.717) is 18.2 Å². The summed E-state index contributed by atoms with van der Waals surface area (Å²) >= 11 is 5.89. The van der Waals surface area contributed by atoms with Crippen molar-refractivity contribution < 1.29 is 9.53 Å². The second-order valence-corrected chi connectivity index (χ2v) is 5.59. The molecule has 0 aliphatic carbocycles. The van der Waals surface area contributed by atoms with E-state index in [9.17, 15) is 4.79 Å². The van der Waals surface area contributed by atoms with E-state index >= 15 is 0 Å². The van der Waals surface area contributed by atoms with Crippen LogP contribution in [-0.2, 0) is 6.42 Å². The molecule has 0 fully saturated rings. The molecule has 0 spiro atoms. The number of urea groups is 1. The lowest BCUT2D eigenvalue weighted by atomic mass is 10.1. The minimum atomic E-state index is -0.261. The average Bonchev–Trinajstić information content (AvgIpc) is 2.54. The summed E-state index contributed by atoms with van der Waals surface area (Å²) in [4.78, 5) is 11.9. The van der Waals surface area contributed by atoms with Gasteiger partial charge in [0.2, 0.25) is 0 Å². The van der Waals surface area contributed by atoms with Gasteiger partial charge in [-0.3, -0.25) is 0 Å². The summed E-state index contributed by atoms with van der Waals surface area (Å²) in [5.74, 6) is 0.866. The van der Waals surface area contributed by atoms with E-state index in [0.717, 1.165) is 29.0 Å². The highest BCUT2D eigenvalue weighted by molar-refractivity contribution is 6.30. The summed E-state index contributed by atoms with van der Waals surface area (Å²) < 4.78 is 5.71. The van der Waals surface area contributed by atoms with Crippen LogP contribution in [0.2, 0.25) is 5.02 Å². The Morgan fingerprint density at radius 2 is 2.00 bits per heavy atom. The predicted molar refractivity (Wildman–Crippen MR) is 94.5 cm³/mol. The number of anilines is 1. The highest BCUT2D eigenvalue weighted by atomic mass is 35.5. The summed E-state index contributed by atoms with van der Waals surface area (Å²) in [6, 6.07) is 13.0. The number of benzene rings is 2. The topological polar surface area (TPSA) is 50.4 Å². The van der Waals surface area contributed by atoms with E-state index in [1.165, 1.54) is 0 Å². The molecule has 5 heteroatoms. The highest BCUT2D eigenvalue weighted by Gasteiger charge is 2.05. The molecule has 0 aliphatic rings. The van der Waals surface area contributed by atoms with Crippen molar-refractivity contribution in [2.45, 2.75) is 20.3 Å². The molecule has 0 aliphatic heterocycles. The maximum Gasteiger partial charge on any atom is 0.319 e. The first-order valence-electron chi connectivity index (χ1n) is 7.62. The Kier molecular flexibility index (Phi) is 6.29. The lowest BCUT2D eigenvalue weighted by Crippen LogP contribution is -2.32. The molecular formula is C18H21ClN2O2. The normalized spacial score (nSPS) is 10.2. The zero-order valence-electron chi connectivity index (χ0n) is 13.4. The van der Waals surface area contributed by atoms with Crippen LogP contribution in [-0.4, -0.2) is 19.2 Å². The number of ether oxygens (including phenoxy) is 1. The molecule has 0 atom stereocenters. The van der Waals surface area contributed by atoms with Gasteiger partial charge >= 0.3 is 6.03 Å². The van der Waals surface area contributed by atoms with Gasteiger partial charge in [-0.15, -0.1) is 0 Å². The van der Waals surface area contributed by atoms with E-state index in [4.69, 9.17) is 16.3 Å². The van der Waals surface area contributed by atoms with Crippen LogP contribution in [0.3, 0.4) is 0 Å². The Morgan fingerprint density at radius 1 is 1.22 bits per heavy atom. The number of hydrogen-bond donors (Lipinski definition) is 2. The first-order valence-corrected chi connectivity index (χ1v) is 7.99. The van der Waals surface area contributed by atoms with Crippen molar-refractivity contribution in [1.29, 1.82) is 0 Å². The van der Waals surface area contributed by atoms with E-state index in [2.05, 4.69) is 17.6 Å². The molecule has 2 aromatic carbocycles. The standard InChI is InChI=1S/C18H21ClN2O2/c1-3-14-6-4-5-7-17(14)23-11-10-20-18(22)21-16-9-8-15(19)12-13(16)2/h4-9,12H,3,10-11H2,1-2H3,(H2,20,21,22). The minimum Gasteiger partial charge on any atom is -0.491 e. The molecule has 2 aromatic rings. The second-order valence-electron chi connectivity index (χ2n) is 5.15. The molecule has 0 bridgehead atoms. The zero-order valence-corrected chi connectivity index (χ0v) is 14.1. The summed E-state index contributed by atoms with van der Waals surface area (Å²) in [7, 11) is 0. The van der Waals surface area contributed by atoms with Crippen LogP contribution < -0.4 is 15.4 Å². The van der Waals surface area contributed by atoms with Gasteiger partial charge in [-0.2, -0.15) is 0 Å². The number of aryl methyl sites for hydroxylation is 2. The van der Waals surface area contributed by atoms with Crippen molar-refractivity contribution in [1.82, 2.24) is 5.32 Å². The summed E-state index contributed by atoms with van der Waals surface area (Å²) in [6.07, 6.45) is 0.917. The molecule has 122 valence electrons. The van der Waals surface area contributed by atoms with Crippen molar-refractivity contribution in [3.05, 3.63) is 58.6 Å². The molecule has 2 amide bonds. The molecule has 0 saturated carbocycles. The molecule has 0 heterocycles. The number of carbonyl (C=O) groups is 1. The van der Waals surface area contributed by atoms with Crippen molar-refractivity contribution in [2.24, 2.45) is 0 Å². The van der Waals surface area contributed by atoms with E-state index < -0.39 is 0 Å². The SMILES string of the molecule is CCc1ccccc1OCCNC(=O)Nc1ccc(Cl)cc1C. The maximum atomic E-state index is 11.9. The lowest BCUT2D eigenvalue weighted by molar-refractivity contribution is 0.247. The number of hydrogen-bond acceptors (Lipinski definition) is 2. The number of nitrogens with one attached hydrogen (secondary N) is 2. The third-order valence-electron chi connectivity index (χ3n) is 3.44. The fourth-order valence-corrected chi connectivity index (χ4v) is 2.42. The van der Waals surface area contributed by atoms with Gasteiger partial charge in [-0.25, -0.2) is 4.79 Å². The monoisotopic (exact) mass is 332 g/mol. The van der Waals surface area contributed by atoms with Gasteiger partial charge in [0.25, 0.3) is 0 Å². The largest absolute Gasteiger partial charge is 0.491 e. The van der Waals surface area contributed by atoms with Crippen molar-refractivity contribution in [3.63, 3.8) is 0 Å². The third kappa shape index (κ3) is 5.18. The Labute approximate surface area is 141 Å². The molecule has 23 heavy (non-hydrogen) atoms. The molecule has 2 rings (SSSR count). The Bertz CT molecular complexity index is 674. The average molecular weight is 333 g/mol. The molecule has 2 N–H and O–H groups in total. The number of carbonyl (C=O) groups excluding carboxylic acids is 1. The van der Waals surface area contributed by atoms with Gasteiger partial charge in [0.05, 0.1) is 6.54 Å².